The summed E-state index contributed by atoms with van der Waals surface area (Å²) in [6, 6.07) is 24.5. The van der Waals surface area contributed by atoms with Crippen LogP contribution in [0.4, 0.5) is 0 Å². The lowest BCUT2D eigenvalue weighted by atomic mass is 10.0. The zero-order valence-electron chi connectivity index (χ0n) is 15.7. The molecule has 0 atom stereocenters. The lowest BCUT2D eigenvalue weighted by molar-refractivity contribution is 0.415. The van der Waals surface area contributed by atoms with Crippen molar-refractivity contribution >= 4 is 26.8 Å². The van der Waals surface area contributed by atoms with E-state index in [0.29, 0.717) is 0 Å². The molecule has 0 fully saturated rings. The van der Waals surface area contributed by atoms with Gasteiger partial charge in [-0.3, -0.25) is 0 Å². The molecule has 0 unspecified atom stereocenters. The van der Waals surface area contributed by atoms with Crippen molar-refractivity contribution in [2.24, 2.45) is 0 Å². The smallest absolute Gasteiger partial charge is 0.138 e. The van der Waals surface area contributed by atoms with Crippen molar-refractivity contribution in [2.45, 2.75) is 0 Å². The summed E-state index contributed by atoms with van der Waals surface area (Å²) >= 11 is 3.50. The van der Waals surface area contributed by atoms with Gasteiger partial charge < -0.3 is 14.7 Å². The number of H-pyrrole nitrogens is 2. The summed E-state index contributed by atoms with van der Waals surface area (Å²) in [6.45, 7) is 0. The third-order valence-electron chi connectivity index (χ3n) is 5.04. The van der Waals surface area contributed by atoms with Crippen LogP contribution in [0.3, 0.4) is 0 Å². The first-order valence-electron chi connectivity index (χ1n) is 9.30. The van der Waals surface area contributed by atoms with Crippen molar-refractivity contribution in [1.29, 1.82) is 0 Å². The number of imidazole rings is 1. The summed E-state index contributed by atoms with van der Waals surface area (Å²) in [5.41, 5.74) is 6.17. The molecule has 0 saturated carbocycles. The van der Waals surface area contributed by atoms with E-state index in [-0.39, 0.29) is 0 Å². The minimum Gasteiger partial charge on any atom is -0.497 e. The Morgan fingerprint density at radius 3 is 2.34 bits per heavy atom. The quantitative estimate of drug-likeness (QED) is 0.326. The topological polar surface area (TPSA) is 53.7 Å². The van der Waals surface area contributed by atoms with Crippen molar-refractivity contribution in [3.05, 3.63) is 83.5 Å². The summed E-state index contributed by atoms with van der Waals surface area (Å²) in [5, 5.41) is 1.16. The number of nitrogens with one attached hydrogen (secondary N) is 2. The standard InChI is InChI=1S/C24H18BrN3O/c1-29-18-12-8-15(9-13-18)22-23(20-14-26-21-5-3-2-4-19(20)21)28-24(27-22)16-6-10-17(25)11-7-16/h2-14,26H,1H3,(H,27,28). The molecule has 29 heavy (non-hydrogen) atoms. The number of halogens is 1. The first-order chi connectivity index (χ1) is 14.2. The second-order valence-corrected chi connectivity index (χ2v) is 7.71. The number of rotatable bonds is 4. The minimum absolute atomic E-state index is 0.825. The number of hydrogen-bond acceptors (Lipinski definition) is 2. The molecule has 3 aromatic carbocycles. The maximum absolute atomic E-state index is 5.31. The highest BCUT2D eigenvalue weighted by Crippen LogP contribution is 2.37. The Balaban J connectivity index is 1.72. The van der Waals surface area contributed by atoms with Crippen molar-refractivity contribution in [2.75, 3.05) is 7.11 Å². The Bertz CT molecular complexity index is 1280. The fraction of sp³-hybridized carbons (Fsp3) is 0.0417. The predicted molar refractivity (Wildman–Crippen MR) is 121 cm³/mol. The highest BCUT2D eigenvalue weighted by molar-refractivity contribution is 9.10. The number of aromatic nitrogens is 3. The number of nitrogens with zero attached hydrogens (tertiary/aromatic N) is 1. The summed E-state index contributed by atoms with van der Waals surface area (Å²) < 4.78 is 6.35. The molecule has 5 rings (SSSR count). The number of fused-ring (bicyclic) bond motifs is 1. The zero-order chi connectivity index (χ0) is 19.8. The Morgan fingerprint density at radius 1 is 0.862 bits per heavy atom. The van der Waals surface area contributed by atoms with Crippen molar-refractivity contribution in [3.63, 3.8) is 0 Å². The fourth-order valence-electron chi connectivity index (χ4n) is 3.55. The Morgan fingerprint density at radius 2 is 1.59 bits per heavy atom. The summed E-state index contributed by atoms with van der Waals surface area (Å²) in [6.07, 6.45) is 2.04. The zero-order valence-corrected chi connectivity index (χ0v) is 17.3. The van der Waals surface area contributed by atoms with Crippen LogP contribution >= 0.6 is 15.9 Å². The van der Waals surface area contributed by atoms with Gasteiger partial charge in [0.05, 0.1) is 18.5 Å². The van der Waals surface area contributed by atoms with Gasteiger partial charge in [-0.2, -0.15) is 0 Å². The van der Waals surface area contributed by atoms with Gasteiger partial charge in [-0.1, -0.05) is 46.3 Å². The molecule has 0 aliphatic rings. The van der Waals surface area contributed by atoms with Crippen LogP contribution in [0.1, 0.15) is 0 Å². The van der Waals surface area contributed by atoms with Gasteiger partial charge in [-0.25, -0.2) is 4.98 Å². The molecule has 0 amide bonds. The average Bonchev–Trinajstić information content (AvgIpc) is 3.39. The van der Waals surface area contributed by atoms with Crippen LogP contribution in [0.25, 0.3) is 44.8 Å². The van der Waals surface area contributed by atoms with Crippen LogP contribution in [0, 0.1) is 0 Å². The third-order valence-corrected chi connectivity index (χ3v) is 5.57. The van der Waals surface area contributed by atoms with E-state index < -0.39 is 0 Å². The largest absolute Gasteiger partial charge is 0.497 e. The molecule has 2 heterocycles. The van der Waals surface area contributed by atoms with Gasteiger partial charge in [0.1, 0.15) is 11.6 Å². The van der Waals surface area contributed by atoms with E-state index in [0.717, 1.165) is 55.0 Å². The maximum atomic E-state index is 5.31. The number of ether oxygens (including phenoxy) is 1. The van der Waals surface area contributed by atoms with E-state index >= 15 is 0 Å². The van der Waals surface area contributed by atoms with Gasteiger partial charge in [0.25, 0.3) is 0 Å². The third kappa shape index (κ3) is 3.23. The van der Waals surface area contributed by atoms with Gasteiger partial charge in [-0.15, -0.1) is 0 Å². The monoisotopic (exact) mass is 443 g/mol. The van der Waals surface area contributed by atoms with E-state index in [1.807, 2.05) is 48.7 Å². The Labute approximate surface area is 176 Å². The highest BCUT2D eigenvalue weighted by Gasteiger charge is 2.18. The number of aromatic amines is 2. The lowest BCUT2D eigenvalue weighted by Crippen LogP contribution is -1.85. The van der Waals surface area contributed by atoms with Crippen molar-refractivity contribution in [1.82, 2.24) is 15.0 Å². The van der Waals surface area contributed by atoms with Crippen molar-refractivity contribution < 1.29 is 4.74 Å². The van der Waals surface area contributed by atoms with Gasteiger partial charge in [-0.05, 0) is 42.5 Å². The molecule has 0 radical (unpaired) electrons. The predicted octanol–water partition coefficient (Wildman–Crippen LogP) is 6.66. The molecule has 0 aliphatic heterocycles. The second-order valence-electron chi connectivity index (χ2n) is 6.79. The molecule has 142 valence electrons. The van der Waals surface area contributed by atoms with E-state index in [2.05, 4.69) is 56.2 Å². The fourth-order valence-corrected chi connectivity index (χ4v) is 3.81. The molecule has 0 aliphatic carbocycles. The van der Waals surface area contributed by atoms with E-state index in [1.54, 1.807) is 7.11 Å². The molecule has 0 spiro atoms. The molecular formula is C24H18BrN3O. The van der Waals surface area contributed by atoms with Crippen LogP contribution < -0.4 is 4.74 Å². The molecular weight excluding hydrogens is 426 g/mol. The molecule has 5 aromatic rings. The Hall–Kier alpha value is -3.31. The minimum atomic E-state index is 0.825. The lowest BCUT2D eigenvalue weighted by Gasteiger charge is -2.04. The number of hydrogen-bond donors (Lipinski definition) is 2. The van der Waals surface area contributed by atoms with Gasteiger partial charge >= 0.3 is 0 Å². The van der Waals surface area contributed by atoms with Gasteiger partial charge in [0.2, 0.25) is 0 Å². The molecule has 0 saturated heterocycles. The van der Waals surface area contributed by atoms with Crippen LogP contribution in [-0.2, 0) is 0 Å². The van der Waals surface area contributed by atoms with Crippen molar-refractivity contribution in [3.8, 4) is 39.7 Å². The Kier molecular flexibility index (Phi) is 4.45. The van der Waals surface area contributed by atoms with E-state index in [4.69, 9.17) is 9.72 Å². The normalized spacial score (nSPS) is 11.1. The first-order valence-corrected chi connectivity index (χ1v) is 10.1. The summed E-state index contributed by atoms with van der Waals surface area (Å²) in [4.78, 5) is 11.9. The first kappa shape index (κ1) is 17.8. The SMILES string of the molecule is COc1ccc(-c2nc(-c3ccc(Br)cc3)[nH]c2-c2c[nH]c3ccccc23)cc1. The molecule has 2 aromatic heterocycles. The highest BCUT2D eigenvalue weighted by atomic mass is 79.9. The van der Waals surface area contributed by atoms with Crippen LogP contribution in [0.2, 0.25) is 0 Å². The number of benzene rings is 3. The van der Waals surface area contributed by atoms with Crippen LogP contribution in [-0.4, -0.2) is 22.1 Å². The van der Waals surface area contributed by atoms with Crippen LogP contribution in [0.15, 0.2) is 83.5 Å². The molecule has 0 bridgehead atoms. The number of para-hydroxylation sites is 1. The van der Waals surface area contributed by atoms with E-state index in [1.165, 1.54) is 0 Å². The maximum Gasteiger partial charge on any atom is 0.138 e. The van der Waals surface area contributed by atoms with E-state index in [9.17, 15) is 0 Å². The second kappa shape index (κ2) is 7.26. The summed E-state index contributed by atoms with van der Waals surface area (Å²) in [7, 11) is 1.67. The van der Waals surface area contributed by atoms with Crippen LogP contribution in [0.5, 0.6) is 5.75 Å². The molecule has 5 heteroatoms. The number of methoxy groups -OCH3 is 1. The van der Waals surface area contributed by atoms with Gasteiger partial charge in [0.15, 0.2) is 0 Å². The summed E-state index contributed by atoms with van der Waals surface area (Å²) in [5.74, 6) is 1.66. The molecule has 4 nitrogen and oxygen atoms in total. The average molecular weight is 444 g/mol. The van der Waals surface area contributed by atoms with Gasteiger partial charge in [0, 0.05) is 38.3 Å². The molecule has 2 N–H and O–H groups in total.